The van der Waals surface area contributed by atoms with Gasteiger partial charge in [-0.2, -0.15) is 0 Å². The predicted octanol–water partition coefficient (Wildman–Crippen LogP) is 4.44. The third-order valence-corrected chi connectivity index (χ3v) is 6.94. The molecule has 0 bridgehead atoms. The average Bonchev–Trinajstić information content (AvgIpc) is 3.32. The van der Waals surface area contributed by atoms with E-state index in [4.69, 9.17) is 0 Å². The van der Waals surface area contributed by atoms with Crippen molar-refractivity contribution in [2.75, 3.05) is 6.54 Å². The average molecular weight is 386 g/mol. The summed E-state index contributed by atoms with van der Waals surface area (Å²) in [5.41, 5.74) is 2.69. The standard InChI is InChI=1S/C21H23FN2O2S/c1-14(2)15-3-6-17(7-4-15)27(25,26)24-13-21(9-10-21)19-12-23-20-8-5-16(22)11-18(19)20/h3-8,11-12,14,23-24H,9-10,13H2,1-2H3. The summed E-state index contributed by atoms with van der Waals surface area (Å²) in [4.78, 5) is 3.43. The molecule has 2 N–H and O–H groups in total. The molecule has 6 heteroatoms. The summed E-state index contributed by atoms with van der Waals surface area (Å²) in [7, 11) is -3.58. The Morgan fingerprint density at radius 3 is 2.48 bits per heavy atom. The van der Waals surface area contributed by atoms with Gasteiger partial charge in [0.05, 0.1) is 4.90 Å². The molecule has 1 saturated carbocycles. The number of hydrogen-bond donors (Lipinski definition) is 2. The molecule has 1 fully saturated rings. The molecule has 0 unspecified atom stereocenters. The fraction of sp³-hybridized carbons (Fsp3) is 0.333. The molecule has 0 amide bonds. The summed E-state index contributed by atoms with van der Waals surface area (Å²) in [5.74, 6) is 0.0664. The maximum Gasteiger partial charge on any atom is 0.240 e. The number of rotatable bonds is 6. The van der Waals surface area contributed by atoms with Crippen molar-refractivity contribution in [1.29, 1.82) is 0 Å². The Kier molecular flexibility index (Phi) is 4.35. The van der Waals surface area contributed by atoms with Gasteiger partial charge in [0.1, 0.15) is 5.82 Å². The Bertz CT molecular complexity index is 1080. The molecule has 4 nitrogen and oxygen atoms in total. The number of fused-ring (bicyclic) bond motifs is 1. The molecule has 0 spiro atoms. The predicted molar refractivity (Wildman–Crippen MR) is 105 cm³/mol. The third-order valence-electron chi connectivity index (χ3n) is 5.53. The Labute approximate surface area is 158 Å². The Morgan fingerprint density at radius 1 is 1.15 bits per heavy atom. The van der Waals surface area contributed by atoms with E-state index in [9.17, 15) is 12.8 Å². The molecule has 3 aromatic rings. The molecule has 0 saturated heterocycles. The Balaban J connectivity index is 1.56. The number of hydrogen-bond acceptors (Lipinski definition) is 2. The number of aromatic nitrogens is 1. The lowest BCUT2D eigenvalue weighted by Crippen LogP contribution is -2.32. The van der Waals surface area contributed by atoms with Crippen LogP contribution in [0.2, 0.25) is 0 Å². The molecule has 27 heavy (non-hydrogen) atoms. The summed E-state index contributed by atoms with van der Waals surface area (Å²) in [5, 5.41) is 0.827. The lowest BCUT2D eigenvalue weighted by molar-refractivity contribution is 0.567. The molecule has 0 aliphatic heterocycles. The number of sulfonamides is 1. The van der Waals surface area contributed by atoms with Crippen LogP contribution in [0.4, 0.5) is 4.39 Å². The van der Waals surface area contributed by atoms with Gasteiger partial charge in [-0.05, 0) is 60.2 Å². The zero-order valence-corrected chi connectivity index (χ0v) is 16.2. The van der Waals surface area contributed by atoms with Gasteiger partial charge in [-0.15, -0.1) is 0 Å². The van der Waals surface area contributed by atoms with E-state index in [1.165, 1.54) is 12.1 Å². The second-order valence-corrected chi connectivity index (χ2v) is 9.49. The second kappa shape index (κ2) is 6.46. The first-order valence-corrected chi connectivity index (χ1v) is 10.7. The molecule has 1 heterocycles. The molecular formula is C21H23FN2O2S. The zero-order valence-electron chi connectivity index (χ0n) is 15.4. The van der Waals surface area contributed by atoms with Gasteiger partial charge in [0.2, 0.25) is 10.0 Å². The summed E-state index contributed by atoms with van der Waals surface area (Å²) >= 11 is 0. The normalized spacial score (nSPS) is 16.1. The summed E-state index contributed by atoms with van der Waals surface area (Å²) in [6.45, 7) is 4.45. The molecule has 2 aromatic carbocycles. The van der Waals surface area contributed by atoms with Crippen LogP contribution in [0, 0.1) is 5.82 Å². The van der Waals surface area contributed by atoms with Crippen LogP contribution < -0.4 is 4.72 Å². The topological polar surface area (TPSA) is 62.0 Å². The van der Waals surface area contributed by atoms with E-state index in [2.05, 4.69) is 23.6 Å². The monoisotopic (exact) mass is 386 g/mol. The highest BCUT2D eigenvalue weighted by Gasteiger charge is 2.46. The number of aromatic amines is 1. The van der Waals surface area contributed by atoms with Crippen molar-refractivity contribution >= 4 is 20.9 Å². The molecule has 1 aliphatic carbocycles. The second-order valence-electron chi connectivity index (χ2n) is 7.72. The highest BCUT2D eigenvalue weighted by atomic mass is 32.2. The molecule has 4 rings (SSSR count). The van der Waals surface area contributed by atoms with Crippen LogP contribution in [-0.4, -0.2) is 19.9 Å². The fourth-order valence-electron chi connectivity index (χ4n) is 3.57. The first kappa shape index (κ1) is 18.2. The van der Waals surface area contributed by atoms with Gasteiger partial charge >= 0.3 is 0 Å². The fourth-order valence-corrected chi connectivity index (χ4v) is 4.70. The molecule has 1 aromatic heterocycles. The van der Waals surface area contributed by atoms with E-state index in [0.29, 0.717) is 12.5 Å². The lowest BCUT2D eigenvalue weighted by atomic mass is 9.96. The molecular weight excluding hydrogens is 363 g/mol. The van der Waals surface area contributed by atoms with Gasteiger partial charge in [-0.3, -0.25) is 0 Å². The maximum atomic E-state index is 13.7. The van der Waals surface area contributed by atoms with Gasteiger partial charge in [-0.1, -0.05) is 26.0 Å². The highest BCUT2D eigenvalue weighted by molar-refractivity contribution is 7.89. The molecule has 0 radical (unpaired) electrons. The van der Waals surface area contributed by atoms with Gasteiger partial charge in [0, 0.05) is 29.1 Å². The number of halogens is 1. The minimum atomic E-state index is -3.58. The maximum absolute atomic E-state index is 13.7. The summed E-state index contributed by atoms with van der Waals surface area (Å²) in [6.07, 6.45) is 3.64. The van der Waals surface area contributed by atoms with Gasteiger partial charge < -0.3 is 4.98 Å². The van der Waals surface area contributed by atoms with E-state index in [1.807, 2.05) is 18.3 Å². The van der Waals surface area contributed by atoms with Crippen LogP contribution in [0.25, 0.3) is 10.9 Å². The van der Waals surface area contributed by atoms with E-state index >= 15 is 0 Å². The van der Waals surface area contributed by atoms with Crippen LogP contribution in [0.15, 0.2) is 53.6 Å². The van der Waals surface area contributed by atoms with Crippen molar-refractivity contribution in [2.45, 2.75) is 42.9 Å². The quantitative estimate of drug-likeness (QED) is 0.658. The van der Waals surface area contributed by atoms with E-state index in [-0.39, 0.29) is 16.1 Å². The van der Waals surface area contributed by atoms with Crippen LogP contribution in [0.5, 0.6) is 0 Å². The smallest absolute Gasteiger partial charge is 0.240 e. The lowest BCUT2D eigenvalue weighted by Gasteiger charge is -2.16. The first-order valence-electron chi connectivity index (χ1n) is 9.17. The molecule has 1 aliphatic rings. The zero-order chi connectivity index (χ0) is 19.2. The third kappa shape index (κ3) is 3.39. The molecule has 142 valence electrons. The van der Waals surface area contributed by atoms with Gasteiger partial charge in [-0.25, -0.2) is 17.5 Å². The summed E-state index contributed by atoms with van der Waals surface area (Å²) in [6, 6.07) is 11.7. The Morgan fingerprint density at radius 2 is 1.85 bits per heavy atom. The van der Waals surface area contributed by atoms with Crippen LogP contribution in [0.1, 0.15) is 43.7 Å². The highest BCUT2D eigenvalue weighted by Crippen LogP contribution is 2.50. The minimum Gasteiger partial charge on any atom is -0.361 e. The number of nitrogens with one attached hydrogen (secondary N) is 2. The largest absolute Gasteiger partial charge is 0.361 e. The van der Waals surface area contributed by atoms with E-state index in [0.717, 1.165) is 34.9 Å². The van der Waals surface area contributed by atoms with Crippen LogP contribution in [-0.2, 0) is 15.4 Å². The van der Waals surface area contributed by atoms with Crippen molar-refractivity contribution in [1.82, 2.24) is 9.71 Å². The summed E-state index contributed by atoms with van der Waals surface area (Å²) < 4.78 is 41.8. The van der Waals surface area contributed by atoms with Crippen molar-refractivity contribution < 1.29 is 12.8 Å². The van der Waals surface area contributed by atoms with E-state index in [1.54, 1.807) is 18.2 Å². The molecule has 0 atom stereocenters. The SMILES string of the molecule is CC(C)c1ccc(S(=O)(=O)NCC2(c3c[nH]c4ccc(F)cc34)CC2)cc1. The number of H-pyrrole nitrogens is 1. The van der Waals surface area contributed by atoms with Crippen molar-refractivity contribution in [3.05, 3.63) is 65.6 Å². The minimum absolute atomic E-state index is 0.267. The van der Waals surface area contributed by atoms with Crippen LogP contribution in [0.3, 0.4) is 0 Å². The van der Waals surface area contributed by atoms with Crippen molar-refractivity contribution in [2.24, 2.45) is 0 Å². The van der Waals surface area contributed by atoms with Crippen LogP contribution >= 0.6 is 0 Å². The number of benzene rings is 2. The Hall–Kier alpha value is -2.18. The first-order chi connectivity index (χ1) is 12.8. The van der Waals surface area contributed by atoms with E-state index < -0.39 is 10.0 Å². The van der Waals surface area contributed by atoms with Crippen molar-refractivity contribution in [3.63, 3.8) is 0 Å². The van der Waals surface area contributed by atoms with Gasteiger partial charge in [0.15, 0.2) is 0 Å². The van der Waals surface area contributed by atoms with Gasteiger partial charge in [0.25, 0.3) is 0 Å². The van der Waals surface area contributed by atoms with Crippen molar-refractivity contribution in [3.8, 4) is 0 Å².